The molecule has 342 valence electrons. The Balaban J connectivity index is 1.23. The monoisotopic (exact) mass is 905 g/mol. The Bertz CT molecular complexity index is 2830. The topological polar surface area (TPSA) is 236 Å². The average molecular weight is 906 g/mol. The Morgan fingerprint density at radius 1 is 0.831 bits per heavy atom. The fraction of sp³-hybridized carbons (Fsp3) is 0.378. The van der Waals surface area contributed by atoms with Crippen molar-refractivity contribution in [3.8, 4) is 11.5 Å². The molecule has 1 aliphatic heterocycles. The number of methoxy groups -OCH3 is 1. The van der Waals surface area contributed by atoms with Gasteiger partial charge in [-0.3, -0.25) is 39.4 Å². The summed E-state index contributed by atoms with van der Waals surface area (Å²) in [5, 5.41) is 11.1. The Morgan fingerprint density at radius 2 is 1.42 bits per heavy atom. The summed E-state index contributed by atoms with van der Waals surface area (Å²) >= 11 is 1.29. The van der Waals surface area contributed by atoms with Gasteiger partial charge in [0, 0.05) is 69.2 Å². The number of benzene rings is 2. The molecular formula is C45H55N13O6S. The largest absolute Gasteiger partial charge is 0.494 e. The molecule has 5 heterocycles. The molecule has 0 bridgehead atoms. The van der Waals surface area contributed by atoms with Crippen LogP contribution in [0.4, 0.5) is 11.9 Å². The average Bonchev–Trinajstić information content (AvgIpc) is 4.05. The van der Waals surface area contributed by atoms with Crippen molar-refractivity contribution in [3.63, 3.8) is 0 Å². The zero-order valence-corrected chi connectivity index (χ0v) is 38.4. The number of aromatic nitrogens is 7. The maximum absolute atomic E-state index is 13.9. The number of allylic oxidation sites excluding steroid dienone is 3. The van der Waals surface area contributed by atoms with Crippen LogP contribution in [0.5, 0.6) is 11.5 Å². The van der Waals surface area contributed by atoms with Crippen molar-refractivity contribution in [2.24, 2.45) is 11.5 Å². The van der Waals surface area contributed by atoms with Gasteiger partial charge in [-0.25, -0.2) is 15.0 Å². The first-order valence-corrected chi connectivity index (χ1v) is 22.3. The van der Waals surface area contributed by atoms with Crippen LogP contribution in [0.25, 0.3) is 22.1 Å². The van der Waals surface area contributed by atoms with E-state index < -0.39 is 17.7 Å². The molecule has 1 fully saturated rings. The van der Waals surface area contributed by atoms with Crippen molar-refractivity contribution in [2.75, 3.05) is 57.1 Å². The summed E-state index contributed by atoms with van der Waals surface area (Å²) < 4.78 is 17.3. The highest BCUT2D eigenvalue weighted by Crippen LogP contribution is 2.33. The third-order valence-electron chi connectivity index (χ3n) is 11.2. The number of amides is 4. The molecule has 19 nitrogen and oxygen atoms in total. The van der Waals surface area contributed by atoms with Gasteiger partial charge in [0.1, 0.15) is 33.1 Å². The van der Waals surface area contributed by atoms with Gasteiger partial charge in [0.2, 0.25) is 23.7 Å². The predicted molar refractivity (Wildman–Crippen MR) is 250 cm³/mol. The minimum Gasteiger partial charge on any atom is -0.494 e. The SMILES string of the molecule is C=C(C)N1CCN(CCCOc2cc(C(N)=O)cc3nc(NC(=O)c4cc(C)nn4CC)n(C/C=C/Cn4c(NC(=O)c5sc(C)nc5CC)nc5cc(C(N)=O)cc(OC)c54)c23)CC1. The zero-order valence-electron chi connectivity index (χ0n) is 37.6. The lowest BCUT2D eigenvalue weighted by atomic mass is 10.1. The normalized spacial score (nSPS) is 13.2. The number of carbonyl (C=O) groups excluding carboxylic acids is 4. The number of primary amides is 2. The number of hydrogen-bond donors (Lipinski definition) is 4. The van der Waals surface area contributed by atoms with Crippen LogP contribution < -0.4 is 31.6 Å². The van der Waals surface area contributed by atoms with E-state index in [4.69, 9.17) is 30.9 Å². The van der Waals surface area contributed by atoms with Gasteiger partial charge >= 0.3 is 0 Å². The molecule has 2 aromatic carbocycles. The van der Waals surface area contributed by atoms with E-state index in [0.717, 1.165) is 49.8 Å². The standard InChI is InChI=1S/C45H55N13O6S/c1-8-31-39(65-28(6)48-31)43(62)52-45-49-32-22-29(40(46)59)24-35(63-7)37(32)56(45)14-10-11-15-57-38-33(50-44(57)51-42(61)34-21-27(5)53-58(34)9-2)23-30(41(47)60)25-36(38)64-20-12-13-54-16-18-55(19-17-54)26(3)4/h10-11,21-25H,3,8-9,12-20H2,1-2,4-7H3,(H2,46,59)(H2,47,60)(H,49,52,62)(H,50,51,61)/b11-10+. The van der Waals surface area contributed by atoms with Crippen LogP contribution in [-0.2, 0) is 26.1 Å². The molecule has 65 heavy (non-hydrogen) atoms. The van der Waals surface area contributed by atoms with Gasteiger partial charge in [-0.05, 0) is 70.9 Å². The Hall–Kier alpha value is -7.06. The number of carbonyl (C=O) groups is 4. The van der Waals surface area contributed by atoms with E-state index in [2.05, 4.69) is 37.1 Å². The van der Waals surface area contributed by atoms with Gasteiger partial charge in [-0.1, -0.05) is 25.7 Å². The number of aryl methyl sites for hydroxylation is 4. The Kier molecular flexibility index (Phi) is 14.0. The highest BCUT2D eigenvalue weighted by molar-refractivity contribution is 7.13. The molecule has 0 radical (unpaired) electrons. The quantitative estimate of drug-likeness (QED) is 0.0612. The van der Waals surface area contributed by atoms with E-state index >= 15 is 0 Å². The second-order valence-corrected chi connectivity index (χ2v) is 16.9. The third-order valence-corrected chi connectivity index (χ3v) is 12.2. The van der Waals surface area contributed by atoms with Crippen LogP contribution in [0.1, 0.15) is 84.5 Å². The summed E-state index contributed by atoms with van der Waals surface area (Å²) in [6.07, 6.45) is 5.03. The first kappa shape index (κ1) is 45.9. The van der Waals surface area contributed by atoms with Crippen molar-refractivity contribution < 1.29 is 28.7 Å². The molecule has 4 amide bonds. The van der Waals surface area contributed by atoms with E-state index in [-0.39, 0.29) is 42.0 Å². The molecule has 0 aliphatic carbocycles. The number of rotatable bonds is 19. The fourth-order valence-electron chi connectivity index (χ4n) is 7.92. The lowest BCUT2D eigenvalue weighted by molar-refractivity contribution is 0.0991. The van der Waals surface area contributed by atoms with E-state index in [1.54, 1.807) is 38.1 Å². The summed E-state index contributed by atoms with van der Waals surface area (Å²) in [6.45, 7) is 19.3. The molecule has 1 saturated heterocycles. The van der Waals surface area contributed by atoms with Crippen molar-refractivity contribution in [1.29, 1.82) is 0 Å². The zero-order chi connectivity index (χ0) is 46.5. The minimum absolute atomic E-state index is 0.175. The van der Waals surface area contributed by atoms with Crippen LogP contribution in [0.2, 0.25) is 0 Å². The number of hydrogen-bond acceptors (Lipinski definition) is 13. The molecule has 6 N–H and O–H groups in total. The van der Waals surface area contributed by atoms with Gasteiger partial charge in [0.25, 0.3) is 11.8 Å². The molecule has 6 aromatic rings. The molecule has 0 atom stereocenters. The van der Waals surface area contributed by atoms with Crippen LogP contribution in [0.3, 0.4) is 0 Å². The van der Waals surface area contributed by atoms with Crippen LogP contribution in [0, 0.1) is 13.8 Å². The molecule has 0 unspecified atom stereocenters. The second kappa shape index (κ2) is 19.8. The predicted octanol–water partition coefficient (Wildman–Crippen LogP) is 5.13. The minimum atomic E-state index is -0.661. The smallest absolute Gasteiger partial charge is 0.276 e. The molecule has 4 aromatic heterocycles. The van der Waals surface area contributed by atoms with Gasteiger partial charge in [0.15, 0.2) is 0 Å². The maximum Gasteiger partial charge on any atom is 0.276 e. The maximum atomic E-state index is 13.9. The number of piperazine rings is 1. The molecule has 0 spiro atoms. The van der Waals surface area contributed by atoms with Gasteiger partial charge < -0.3 is 35.0 Å². The third kappa shape index (κ3) is 10.0. The summed E-state index contributed by atoms with van der Waals surface area (Å²) in [4.78, 5) is 71.7. The van der Waals surface area contributed by atoms with E-state index in [9.17, 15) is 19.2 Å². The summed E-state index contributed by atoms with van der Waals surface area (Å²) in [5.74, 6) is -0.998. The van der Waals surface area contributed by atoms with Crippen molar-refractivity contribution in [3.05, 3.63) is 92.9 Å². The van der Waals surface area contributed by atoms with E-state index in [1.807, 2.05) is 46.8 Å². The van der Waals surface area contributed by atoms with E-state index in [1.165, 1.54) is 24.5 Å². The molecule has 0 saturated carbocycles. The Morgan fingerprint density at radius 3 is 1.97 bits per heavy atom. The number of anilines is 2. The number of nitrogens with zero attached hydrogens (tertiary/aromatic N) is 9. The second-order valence-electron chi connectivity index (χ2n) is 15.7. The van der Waals surface area contributed by atoms with Crippen molar-refractivity contribution >= 4 is 68.9 Å². The highest BCUT2D eigenvalue weighted by Gasteiger charge is 2.24. The number of nitrogens with one attached hydrogen (secondary N) is 2. The fourth-order valence-corrected chi connectivity index (χ4v) is 8.82. The summed E-state index contributed by atoms with van der Waals surface area (Å²) in [6, 6.07) is 7.97. The lowest BCUT2D eigenvalue weighted by Gasteiger charge is -2.36. The van der Waals surface area contributed by atoms with Gasteiger partial charge in [-0.2, -0.15) is 5.10 Å². The van der Waals surface area contributed by atoms with Gasteiger partial charge in [0.05, 0.1) is 41.1 Å². The van der Waals surface area contributed by atoms with Crippen LogP contribution in [-0.4, -0.2) is 114 Å². The lowest BCUT2D eigenvalue weighted by Crippen LogP contribution is -2.45. The Labute approximate surface area is 380 Å². The summed E-state index contributed by atoms with van der Waals surface area (Å²) in [5.41, 5.74) is 16.5. The highest BCUT2D eigenvalue weighted by atomic mass is 32.1. The van der Waals surface area contributed by atoms with Gasteiger partial charge in [-0.15, -0.1) is 11.3 Å². The summed E-state index contributed by atoms with van der Waals surface area (Å²) in [7, 11) is 1.47. The number of fused-ring (bicyclic) bond motifs is 2. The van der Waals surface area contributed by atoms with Crippen LogP contribution >= 0.6 is 11.3 Å². The first-order valence-electron chi connectivity index (χ1n) is 21.5. The van der Waals surface area contributed by atoms with E-state index in [0.29, 0.717) is 75.1 Å². The molecule has 20 heteroatoms. The van der Waals surface area contributed by atoms with Crippen molar-refractivity contribution in [2.45, 2.75) is 67.1 Å². The first-order chi connectivity index (χ1) is 31.2. The number of imidazole rings is 2. The van der Waals surface area contributed by atoms with Crippen LogP contribution in [0.15, 0.2) is 54.8 Å². The number of nitrogens with two attached hydrogens (primary N) is 2. The molecular weight excluding hydrogens is 851 g/mol. The van der Waals surface area contributed by atoms with Crippen molar-refractivity contribution in [1.82, 2.24) is 43.7 Å². The molecule has 1 aliphatic rings. The number of ether oxygens (including phenoxy) is 2. The number of thiazole rings is 1. The molecule has 7 rings (SSSR count).